The lowest BCUT2D eigenvalue weighted by Crippen LogP contribution is -2.40. The second kappa shape index (κ2) is 9.92. The van der Waals surface area contributed by atoms with Crippen molar-refractivity contribution in [2.75, 3.05) is 20.1 Å². The topological polar surface area (TPSA) is 54.2 Å². The van der Waals surface area contributed by atoms with Gasteiger partial charge in [-0.1, -0.05) is 25.1 Å². The van der Waals surface area contributed by atoms with Gasteiger partial charge in [-0.25, -0.2) is 4.68 Å². The minimum Gasteiger partial charge on any atom is -0.356 e. The van der Waals surface area contributed by atoms with Crippen molar-refractivity contribution in [2.45, 2.75) is 19.8 Å². The summed E-state index contributed by atoms with van der Waals surface area (Å²) in [4.78, 5) is 5.76. The number of nitrogens with one attached hydrogen (secondary N) is 2. The van der Waals surface area contributed by atoms with Crippen LogP contribution in [-0.2, 0) is 12.8 Å². The van der Waals surface area contributed by atoms with E-state index < -0.39 is 0 Å². The summed E-state index contributed by atoms with van der Waals surface area (Å²) in [5.74, 6) is 1.43. The minimum absolute atomic E-state index is 0.567. The van der Waals surface area contributed by atoms with Crippen molar-refractivity contribution in [1.29, 1.82) is 0 Å². The van der Waals surface area contributed by atoms with Crippen LogP contribution in [0.1, 0.15) is 17.4 Å². The highest BCUT2D eigenvalue weighted by atomic mass is 32.1. The molecular weight excluding hydrogens is 354 g/mol. The summed E-state index contributed by atoms with van der Waals surface area (Å²) in [6.07, 6.45) is 5.79. The molecule has 1 atom stereocenters. The Bertz CT molecular complexity index is 807. The number of aliphatic imine (C=N–C) groups is 1. The van der Waals surface area contributed by atoms with E-state index >= 15 is 0 Å². The van der Waals surface area contributed by atoms with E-state index in [4.69, 9.17) is 0 Å². The maximum Gasteiger partial charge on any atom is 0.190 e. The van der Waals surface area contributed by atoms with Gasteiger partial charge in [0, 0.05) is 37.4 Å². The van der Waals surface area contributed by atoms with E-state index in [-0.39, 0.29) is 0 Å². The van der Waals surface area contributed by atoms with E-state index in [0.29, 0.717) is 5.92 Å². The van der Waals surface area contributed by atoms with Gasteiger partial charge in [0.25, 0.3) is 0 Å². The molecule has 2 N–H and O–H groups in total. The van der Waals surface area contributed by atoms with E-state index in [0.717, 1.165) is 37.6 Å². The molecule has 3 rings (SSSR count). The molecule has 0 aliphatic heterocycles. The number of benzene rings is 1. The normalized spacial score (nSPS) is 12.7. The molecule has 0 fully saturated rings. The Labute approximate surface area is 165 Å². The molecule has 5 nitrogen and oxygen atoms in total. The molecule has 0 saturated heterocycles. The van der Waals surface area contributed by atoms with Crippen molar-refractivity contribution in [2.24, 2.45) is 10.9 Å². The summed E-state index contributed by atoms with van der Waals surface area (Å²) in [5.41, 5.74) is 2.37. The second-order valence-corrected chi connectivity index (χ2v) is 7.67. The van der Waals surface area contributed by atoms with Gasteiger partial charge in [0.2, 0.25) is 0 Å². The van der Waals surface area contributed by atoms with Gasteiger partial charge in [-0.15, -0.1) is 11.3 Å². The molecule has 0 radical (unpaired) electrons. The van der Waals surface area contributed by atoms with Gasteiger partial charge in [-0.05, 0) is 54.0 Å². The monoisotopic (exact) mass is 381 g/mol. The summed E-state index contributed by atoms with van der Waals surface area (Å²) in [7, 11) is 1.82. The quantitative estimate of drug-likeness (QED) is 0.464. The summed E-state index contributed by atoms with van der Waals surface area (Å²) >= 11 is 1.82. The fourth-order valence-corrected chi connectivity index (χ4v) is 3.77. The van der Waals surface area contributed by atoms with Crippen molar-refractivity contribution in [1.82, 2.24) is 20.4 Å². The molecule has 3 aromatic rings. The van der Waals surface area contributed by atoms with E-state index in [1.807, 2.05) is 35.3 Å². The number of aromatic nitrogens is 2. The zero-order chi connectivity index (χ0) is 18.9. The Morgan fingerprint density at radius 2 is 2.04 bits per heavy atom. The van der Waals surface area contributed by atoms with E-state index in [9.17, 15) is 0 Å². The number of nitrogens with zero attached hydrogens (tertiary/aromatic N) is 3. The summed E-state index contributed by atoms with van der Waals surface area (Å²) in [6.45, 7) is 4.03. The fraction of sp³-hybridized carbons (Fsp3) is 0.333. The van der Waals surface area contributed by atoms with Gasteiger partial charge in [-0.2, -0.15) is 5.10 Å². The highest BCUT2D eigenvalue weighted by molar-refractivity contribution is 7.09. The molecule has 142 valence electrons. The van der Waals surface area contributed by atoms with Crippen LogP contribution in [0, 0.1) is 5.92 Å². The minimum atomic E-state index is 0.567. The highest BCUT2D eigenvalue weighted by Gasteiger charge is 2.06. The first-order valence-corrected chi connectivity index (χ1v) is 10.2. The maximum absolute atomic E-state index is 4.32. The Hall–Kier alpha value is -2.60. The van der Waals surface area contributed by atoms with Crippen LogP contribution in [-0.4, -0.2) is 35.9 Å². The average Bonchev–Trinajstić information content (AvgIpc) is 3.39. The first-order valence-electron chi connectivity index (χ1n) is 9.30. The van der Waals surface area contributed by atoms with E-state index in [2.05, 4.69) is 69.4 Å². The third-order valence-corrected chi connectivity index (χ3v) is 5.28. The molecule has 2 aromatic heterocycles. The van der Waals surface area contributed by atoms with Crippen LogP contribution in [0.4, 0.5) is 0 Å². The fourth-order valence-electron chi connectivity index (χ4n) is 2.90. The van der Waals surface area contributed by atoms with E-state index in [1.165, 1.54) is 10.4 Å². The molecule has 0 aliphatic rings. The van der Waals surface area contributed by atoms with Crippen LogP contribution in [0.15, 0.2) is 65.2 Å². The van der Waals surface area contributed by atoms with Gasteiger partial charge < -0.3 is 10.6 Å². The van der Waals surface area contributed by atoms with Gasteiger partial charge in [-0.3, -0.25) is 4.99 Å². The number of guanidine groups is 1. The number of rotatable bonds is 8. The summed E-state index contributed by atoms with van der Waals surface area (Å²) in [6, 6.07) is 14.7. The second-order valence-electron chi connectivity index (χ2n) is 6.64. The summed E-state index contributed by atoms with van der Waals surface area (Å²) < 4.78 is 1.87. The molecular formula is C21H27N5S. The molecule has 2 heterocycles. The Kier molecular flexibility index (Phi) is 7.04. The zero-order valence-corrected chi connectivity index (χ0v) is 16.7. The molecule has 1 aromatic carbocycles. The van der Waals surface area contributed by atoms with Crippen LogP contribution in [0.5, 0.6) is 0 Å². The van der Waals surface area contributed by atoms with Crippen LogP contribution in [0.25, 0.3) is 5.69 Å². The zero-order valence-electron chi connectivity index (χ0n) is 15.9. The maximum atomic E-state index is 4.32. The Morgan fingerprint density at radius 1 is 1.19 bits per heavy atom. The first-order chi connectivity index (χ1) is 13.2. The lowest BCUT2D eigenvalue weighted by molar-refractivity contribution is 0.562. The number of hydrogen-bond acceptors (Lipinski definition) is 3. The van der Waals surface area contributed by atoms with Gasteiger partial charge in [0.1, 0.15) is 0 Å². The van der Waals surface area contributed by atoms with Crippen molar-refractivity contribution >= 4 is 17.3 Å². The molecule has 0 saturated carbocycles. The Balaban J connectivity index is 1.39. The van der Waals surface area contributed by atoms with Crippen LogP contribution in [0.2, 0.25) is 0 Å². The Morgan fingerprint density at radius 3 is 2.70 bits per heavy atom. The summed E-state index contributed by atoms with van der Waals surface area (Å²) in [5, 5.41) is 13.2. The standard InChI is InChI=1S/C21H27N5S/c1-17(15-20-5-3-14-27-20)16-24-21(22-2)23-12-10-18-6-8-19(9-7-18)26-13-4-11-25-26/h3-9,11,13-14,17H,10,12,15-16H2,1-2H3,(H2,22,23,24). The van der Waals surface area contributed by atoms with Gasteiger partial charge in [0.05, 0.1) is 5.69 Å². The number of hydrogen-bond donors (Lipinski definition) is 2. The molecule has 6 heteroatoms. The van der Waals surface area contributed by atoms with Crippen LogP contribution in [0.3, 0.4) is 0 Å². The van der Waals surface area contributed by atoms with Gasteiger partial charge in [0.15, 0.2) is 5.96 Å². The lowest BCUT2D eigenvalue weighted by Gasteiger charge is -2.15. The molecule has 0 bridgehead atoms. The molecule has 0 amide bonds. The number of thiophene rings is 1. The molecule has 27 heavy (non-hydrogen) atoms. The van der Waals surface area contributed by atoms with Crippen LogP contribution >= 0.6 is 11.3 Å². The van der Waals surface area contributed by atoms with Crippen LogP contribution < -0.4 is 10.6 Å². The van der Waals surface area contributed by atoms with Crippen molar-refractivity contribution in [3.63, 3.8) is 0 Å². The van der Waals surface area contributed by atoms with E-state index in [1.54, 1.807) is 6.20 Å². The first kappa shape index (κ1) is 19.2. The average molecular weight is 382 g/mol. The largest absolute Gasteiger partial charge is 0.356 e. The third kappa shape index (κ3) is 5.96. The lowest BCUT2D eigenvalue weighted by atomic mass is 10.1. The SMILES string of the molecule is CN=C(NCCc1ccc(-n2cccn2)cc1)NCC(C)Cc1cccs1. The third-order valence-electron chi connectivity index (χ3n) is 4.38. The predicted octanol–water partition coefficient (Wildman–Crippen LogP) is 3.52. The molecule has 0 aliphatic carbocycles. The molecule has 1 unspecified atom stereocenters. The van der Waals surface area contributed by atoms with Crippen molar-refractivity contribution < 1.29 is 0 Å². The predicted molar refractivity (Wildman–Crippen MR) is 114 cm³/mol. The van der Waals surface area contributed by atoms with Crippen molar-refractivity contribution in [3.8, 4) is 5.69 Å². The smallest absolute Gasteiger partial charge is 0.190 e. The van der Waals surface area contributed by atoms with Gasteiger partial charge >= 0.3 is 0 Å². The highest BCUT2D eigenvalue weighted by Crippen LogP contribution is 2.13. The van der Waals surface area contributed by atoms with Crippen molar-refractivity contribution in [3.05, 3.63) is 70.7 Å². The molecule has 0 spiro atoms.